The maximum absolute atomic E-state index is 11.9. The Morgan fingerprint density at radius 2 is 1.91 bits per heavy atom. The summed E-state index contributed by atoms with van der Waals surface area (Å²) in [6.45, 7) is 9.69. The van der Waals surface area contributed by atoms with Gasteiger partial charge in [-0.1, -0.05) is 19.0 Å². The van der Waals surface area contributed by atoms with Gasteiger partial charge in [-0.05, 0) is 25.2 Å². The van der Waals surface area contributed by atoms with Gasteiger partial charge in [0.25, 0.3) is 0 Å². The number of fused-ring (bicyclic) bond motifs is 1. The van der Waals surface area contributed by atoms with Crippen molar-refractivity contribution >= 4 is 10.0 Å². The highest BCUT2D eigenvalue weighted by molar-refractivity contribution is 7.89. The summed E-state index contributed by atoms with van der Waals surface area (Å²) in [4.78, 5) is 2.28. The summed E-state index contributed by atoms with van der Waals surface area (Å²) in [5.74, 6) is 1.23. The molecule has 2 heterocycles. The first kappa shape index (κ1) is 16.9. The standard InChI is InChI=1S/C16H27N3O3S/c1-4-23(20,21)19-9-7-18(8-10-19)12-14-13-11-16(2,3)6-5-15(13)22-17-14/h4-12H2,1-3H3. The van der Waals surface area contributed by atoms with Crippen LogP contribution in [-0.2, 0) is 29.4 Å². The average Bonchev–Trinajstić information content (AvgIpc) is 2.89. The van der Waals surface area contributed by atoms with Crippen molar-refractivity contribution in [3.8, 4) is 0 Å². The van der Waals surface area contributed by atoms with Crippen molar-refractivity contribution in [1.82, 2.24) is 14.4 Å². The van der Waals surface area contributed by atoms with Crippen LogP contribution < -0.4 is 0 Å². The highest BCUT2D eigenvalue weighted by Gasteiger charge is 2.32. The largest absolute Gasteiger partial charge is 0.361 e. The lowest BCUT2D eigenvalue weighted by Gasteiger charge is -2.34. The molecule has 2 aliphatic rings. The molecule has 0 radical (unpaired) electrons. The van der Waals surface area contributed by atoms with E-state index < -0.39 is 10.0 Å². The fourth-order valence-electron chi connectivity index (χ4n) is 3.48. The minimum atomic E-state index is -3.06. The number of rotatable bonds is 4. The van der Waals surface area contributed by atoms with Gasteiger partial charge < -0.3 is 4.52 Å². The van der Waals surface area contributed by atoms with E-state index in [4.69, 9.17) is 4.52 Å². The zero-order valence-corrected chi connectivity index (χ0v) is 15.2. The number of aryl methyl sites for hydroxylation is 1. The Balaban J connectivity index is 1.63. The molecule has 0 unspecified atom stereocenters. The second-order valence-corrected chi connectivity index (χ2v) is 9.71. The van der Waals surface area contributed by atoms with Gasteiger partial charge in [0, 0.05) is 44.7 Å². The molecule has 1 aliphatic heterocycles. The van der Waals surface area contributed by atoms with Crippen LogP contribution in [0.4, 0.5) is 0 Å². The highest BCUT2D eigenvalue weighted by Crippen LogP contribution is 2.36. The summed E-state index contributed by atoms with van der Waals surface area (Å²) in [5.41, 5.74) is 2.63. The topological polar surface area (TPSA) is 66.7 Å². The number of hydrogen-bond donors (Lipinski definition) is 0. The third-order valence-electron chi connectivity index (χ3n) is 5.10. The van der Waals surface area contributed by atoms with Crippen molar-refractivity contribution in [3.05, 3.63) is 17.0 Å². The predicted molar refractivity (Wildman–Crippen MR) is 88.6 cm³/mol. The number of aromatic nitrogens is 1. The van der Waals surface area contributed by atoms with Gasteiger partial charge in [-0.25, -0.2) is 8.42 Å². The Hall–Kier alpha value is -0.920. The highest BCUT2D eigenvalue weighted by atomic mass is 32.2. The van der Waals surface area contributed by atoms with E-state index in [-0.39, 0.29) is 5.75 Å². The van der Waals surface area contributed by atoms with E-state index in [0.29, 0.717) is 18.5 Å². The van der Waals surface area contributed by atoms with Crippen LogP contribution >= 0.6 is 0 Å². The Morgan fingerprint density at radius 3 is 2.57 bits per heavy atom. The molecule has 0 atom stereocenters. The van der Waals surface area contributed by atoms with E-state index in [1.165, 1.54) is 5.56 Å². The van der Waals surface area contributed by atoms with Crippen LogP contribution in [-0.4, -0.2) is 54.7 Å². The van der Waals surface area contributed by atoms with Crippen molar-refractivity contribution in [2.75, 3.05) is 31.9 Å². The number of sulfonamides is 1. The fraction of sp³-hybridized carbons (Fsp3) is 0.812. The zero-order chi connectivity index (χ0) is 16.7. The van der Waals surface area contributed by atoms with Gasteiger partial charge >= 0.3 is 0 Å². The van der Waals surface area contributed by atoms with Crippen LogP contribution in [0.5, 0.6) is 0 Å². The molecule has 0 bridgehead atoms. The third-order valence-corrected chi connectivity index (χ3v) is 6.98. The Labute approximate surface area is 138 Å². The maximum Gasteiger partial charge on any atom is 0.213 e. The first-order chi connectivity index (χ1) is 10.8. The van der Waals surface area contributed by atoms with Gasteiger partial charge in [-0.3, -0.25) is 4.90 Å². The van der Waals surface area contributed by atoms with Crippen LogP contribution in [0.25, 0.3) is 0 Å². The van der Waals surface area contributed by atoms with Gasteiger partial charge in [-0.15, -0.1) is 0 Å². The van der Waals surface area contributed by atoms with E-state index in [1.807, 2.05) is 0 Å². The molecule has 1 fully saturated rings. The van der Waals surface area contributed by atoms with Gasteiger partial charge in [0.15, 0.2) is 0 Å². The van der Waals surface area contributed by atoms with E-state index in [2.05, 4.69) is 23.9 Å². The minimum Gasteiger partial charge on any atom is -0.361 e. The summed E-state index contributed by atoms with van der Waals surface area (Å²) in [5, 5.41) is 4.29. The van der Waals surface area contributed by atoms with E-state index in [0.717, 1.165) is 50.4 Å². The number of nitrogens with zero attached hydrogens (tertiary/aromatic N) is 3. The molecule has 1 aromatic heterocycles. The van der Waals surface area contributed by atoms with Crippen molar-refractivity contribution in [3.63, 3.8) is 0 Å². The van der Waals surface area contributed by atoms with Crippen LogP contribution in [0.1, 0.15) is 44.2 Å². The van der Waals surface area contributed by atoms with E-state index in [9.17, 15) is 8.42 Å². The zero-order valence-electron chi connectivity index (χ0n) is 14.3. The quantitative estimate of drug-likeness (QED) is 0.833. The van der Waals surface area contributed by atoms with Crippen LogP contribution in [0.3, 0.4) is 0 Å². The summed E-state index contributed by atoms with van der Waals surface area (Å²) in [6.07, 6.45) is 3.13. The molecule has 1 aromatic rings. The van der Waals surface area contributed by atoms with E-state index >= 15 is 0 Å². The summed E-state index contributed by atoms with van der Waals surface area (Å²) < 4.78 is 31.0. The lowest BCUT2D eigenvalue weighted by molar-refractivity contribution is 0.177. The molecular formula is C16H27N3O3S. The summed E-state index contributed by atoms with van der Waals surface area (Å²) in [6, 6.07) is 0. The Morgan fingerprint density at radius 1 is 1.22 bits per heavy atom. The first-order valence-corrected chi connectivity index (χ1v) is 10.1. The first-order valence-electron chi connectivity index (χ1n) is 8.47. The molecule has 130 valence electrons. The Kier molecular flexibility index (Phi) is 4.55. The van der Waals surface area contributed by atoms with Crippen molar-refractivity contribution in [2.45, 2.75) is 46.6 Å². The number of hydrogen-bond acceptors (Lipinski definition) is 5. The molecule has 23 heavy (non-hydrogen) atoms. The van der Waals surface area contributed by atoms with Crippen LogP contribution in [0.2, 0.25) is 0 Å². The number of piperazine rings is 1. The second kappa shape index (κ2) is 6.18. The van der Waals surface area contributed by atoms with Crippen molar-refractivity contribution in [2.24, 2.45) is 5.41 Å². The summed E-state index contributed by atoms with van der Waals surface area (Å²) >= 11 is 0. The van der Waals surface area contributed by atoms with Crippen LogP contribution in [0.15, 0.2) is 4.52 Å². The molecule has 0 saturated carbocycles. The molecular weight excluding hydrogens is 314 g/mol. The molecule has 1 saturated heterocycles. The average molecular weight is 341 g/mol. The Bertz CT molecular complexity index is 658. The molecule has 0 N–H and O–H groups in total. The maximum atomic E-state index is 11.9. The smallest absolute Gasteiger partial charge is 0.213 e. The van der Waals surface area contributed by atoms with Crippen molar-refractivity contribution in [1.29, 1.82) is 0 Å². The van der Waals surface area contributed by atoms with Crippen LogP contribution in [0, 0.1) is 5.41 Å². The lowest BCUT2D eigenvalue weighted by Crippen LogP contribution is -2.48. The van der Waals surface area contributed by atoms with Gasteiger partial charge in [0.2, 0.25) is 10.0 Å². The molecule has 1 aliphatic carbocycles. The molecule has 3 rings (SSSR count). The second-order valence-electron chi connectivity index (χ2n) is 7.45. The molecule has 7 heteroatoms. The van der Waals surface area contributed by atoms with E-state index in [1.54, 1.807) is 11.2 Å². The molecule has 0 aromatic carbocycles. The minimum absolute atomic E-state index is 0.179. The predicted octanol–water partition coefficient (Wildman–Crippen LogP) is 1.66. The van der Waals surface area contributed by atoms with Gasteiger partial charge in [-0.2, -0.15) is 4.31 Å². The SMILES string of the molecule is CCS(=O)(=O)N1CCN(Cc2noc3c2CC(C)(C)CC3)CC1. The molecule has 0 amide bonds. The fourth-order valence-corrected chi connectivity index (χ4v) is 4.57. The summed E-state index contributed by atoms with van der Waals surface area (Å²) in [7, 11) is -3.06. The third kappa shape index (κ3) is 3.61. The van der Waals surface area contributed by atoms with Crippen molar-refractivity contribution < 1.29 is 12.9 Å². The molecule has 6 nitrogen and oxygen atoms in total. The van der Waals surface area contributed by atoms with Gasteiger partial charge in [0.05, 0.1) is 5.75 Å². The normalized spacial score (nSPS) is 22.9. The monoisotopic (exact) mass is 341 g/mol. The lowest BCUT2D eigenvalue weighted by atomic mass is 9.76. The molecule has 0 spiro atoms. The van der Waals surface area contributed by atoms with Gasteiger partial charge in [0.1, 0.15) is 11.5 Å².